The van der Waals surface area contributed by atoms with E-state index >= 15 is 0 Å². The molecule has 7 heteroatoms. The monoisotopic (exact) mass is 366 g/mol. The molecule has 0 saturated carbocycles. The van der Waals surface area contributed by atoms with Gasteiger partial charge in [-0.2, -0.15) is 0 Å². The van der Waals surface area contributed by atoms with Crippen LogP contribution >= 0.6 is 15.9 Å². The Labute approximate surface area is 129 Å². The molecule has 1 unspecified atom stereocenters. The standard InChI is InChI=1S/C13H23BrN2O3S/c1-8(2)10(5)16-20(17,18)12-6-11(19-13(12)14)7-15-9(3)4/h6,8-10,15-16H,7H2,1-5H3. The summed E-state index contributed by atoms with van der Waals surface area (Å²) in [6, 6.07) is 1.71. The van der Waals surface area contributed by atoms with Gasteiger partial charge in [-0.25, -0.2) is 13.1 Å². The Hall–Kier alpha value is -0.370. The van der Waals surface area contributed by atoms with E-state index in [1.54, 1.807) is 6.07 Å². The van der Waals surface area contributed by atoms with Crippen LogP contribution in [0.1, 0.15) is 40.4 Å². The second-order valence-corrected chi connectivity index (χ2v) is 7.94. The topological polar surface area (TPSA) is 71.3 Å². The van der Waals surface area contributed by atoms with Crippen LogP contribution in [0, 0.1) is 5.92 Å². The molecular formula is C13H23BrN2O3S. The Kier molecular flexibility index (Phi) is 6.25. The number of halogens is 1. The van der Waals surface area contributed by atoms with Crippen LogP contribution in [-0.2, 0) is 16.6 Å². The lowest BCUT2D eigenvalue weighted by Gasteiger charge is -2.16. The van der Waals surface area contributed by atoms with Crippen LogP contribution in [0.5, 0.6) is 0 Å². The molecule has 0 amide bonds. The third kappa shape index (κ3) is 4.87. The van der Waals surface area contributed by atoms with Crippen LogP contribution in [0.3, 0.4) is 0 Å². The van der Waals surface area contributed by atoms with Crippen molar-refractivity contribution in [2.45, 2.75) is 58.1 Å². The van der Waals surface area contributed by atoms with Gasteiger partial charge in [0.05, 0.1) is 6.54 Å². The molecule has 0 aliphatic carbocycles. The zero-order valence-corrected chi connectivity index (χ0v) is 14.9. The molecule has 0 spiro atoms. The third-order valence-electron chi connectivity index (χ3n) is 3.02. The van der Waals surface area contributed by atoms with E-state index in [2.05, 4.69) is 26.0 Å². The van der Waals surface area contributed by atoms with Gasteiger partial charge in [-0.15, -0.1) is 0 Å². The first-order chi connectivity index (χ1) is 9.13. The Bertz CT molecular complexity index is 538. The minimum Gasteiger partial charge on any atom is -0.452 e. The fraction of sp³-hybridized carbons (Fsp3) is 0.692. The second kappa shape index (κ2) is 7.06. The molecule has 2 N–H and O–H groups in total. The first-order valence-corrected chi connectivity index (χ1v) is 8.95. The molecule has 0 aliphatic rings. The van der Waals surface area contributed by atoms with Gasteiger partial charge in [-0.1, -0.05) is 27.7 Å². The number of hydrogen-bond donors (Lipinski definition) is 2. The minimum atomic E-state index is -3.57. The highest BCUT2D eigenvalue weighted by Gasteiger charge is 2.25. The van der Waals surface area contributed by atoms with Crippen molar-refractivity contribution in [3.63, 3.8) is 0 Å². The van der Waals surface area contributed by atoms with E-state index in [1.165, 1.54) is 0 Å². The Morgan fingerprint density at radius 1 is 1.25 bits per heavy atom. The highest BCUT2D eigenvalue weighted by Crippen LogP contribution is 2.26. The SMILES string of the molecule is CC(C)NCc1cc(S(=O)(=O)NC(C)C(C)C)c(Br)o1. The molecule has 0 radical (unpaired) electrons. The molecule has 0 bridgehead atoms. The zero-order valence-electron chi connectivity index (χ0n) is 12.5. The average Bonchev–Trinajstić information content (AvgIpc) is 2.68. The average molecular weight is 367 g/mol. The van der Waals surface area contributed by atoms with E-state index in [0.717, 1.165) is 0 Å². The molecule has 1 heterocycles. The third-order valence-corrected chi connectivity index (χ3v) is 5.44. The first kappa shape index (κ1) is 17.7. The molecule has 116 valence electrons. The Balaban J connectivity index is 2.90. The van der Waals surface area contributed by atoms with Crippen LogP contribution < -0.4 is 10.0 Å². The number of hydrogen-bond acceptors (Lipinski definition) is 4. The summed E-state index contributed by atoms with van der Waals surface area (Å²) in [5.74, 6) is 0.806. The van der Waals surface area contributed by atoms with Crippen molar-refractivity contribution >= 4 is 26.0 Å². The lowest BCUT2D eigenvalue weighted by molar-refractivity contribution is 0.445. The molecular weight excluding hydrogens is 344 g/mol. The molecule has 0 saturated heterocycles. The van der Waals surface area contributed by atoms with Gasteiger partial charge in [-0.05, 0) is 28.8 Å². The smallest absolute Gasteiger partial charge is 0.245 e. The highest BCUT2D eigenvalue weighted by molar-refractivity contribution is 9.10. The Morgan fingerprint density at radius 2 is 1.85 bits per heavy atom. The summed E-state index contributed by atoms with van der Waals surface area (Å²) >= 11 is 3.17. The van der Waals surface area contributed by atoms with E-state index in [1.807, 2.05) is 34.6 Å². The second-order valence-electron chi connectivity index (χ2n) is 5.54. The number of rotatable bonds is 7. The van der Waals surface area contributed by atoms with E-state index in [0.29, 0.717) is 18.3 Å². The van der Waals surface area contributed by atoms with Crippen LogP contribution in [0.2, 0.25) is 0 Å². The molecule has 20 heavy (non-hydrogen) atoms. The maximum atomic E-state index is 12.3. The predicted octanol–water partition coefficient (Wildman–Crippen LogP) is 2.86. The van der Waals surface area contributed by atoms with Crippen molar-refractivity contribution in [3.8, 4) is 0 Å². The van der Waals surface area contributed by atoms with Crippen LogP contribution in [0.4, 0.5) is 0 Å². The van der Waals surface area contributed by atoms with Crippen molar-refractivity contribution in [1.29, 1.82) is 0 Å². The maximum Gasteiger partial charge on any atom is 0.245 e. The molecule has 1 aromatic rings. The van der Waals surface area contributed by atoms with E-state index in [9.17, 15) is 8.42 Å². The predicted molar refractivity (Wildman–Crippen MR) is 83.0 cm³/mol. The van der Waals surface area contributed by atoms with Gasteiger partial charge in [0.1, 0.15) is 10.7 Å². The summed E-state index contributed by atoms with van der Waals surface area (Å²) in [5, 5.41) is 3.18. The van der Waals surface area contributed by atoms with Crippen molar-refractivity contribution in [3.05, 3.63) is 16.5 Å². The van der Waals surface area contributed by atoms with Gasteiger partial charge in [0.15, 0.2) is 4.67 Å². The summed E-state index contributed by atoms with van der Waals surface area (Å²) in [6.45, 7) is 10.3. The van der Waals surface area contributed by atoms with Crippen molar-refractivity contribution in [2.24, 2.45) is 5.92 Å². The summed E-state index contributed by atoms with van der Waals surface area (Å²) < 4.78 is 32.9. The van der Waals surface area contributed by atoms with Crippen molar-refractivity contribution < 1.29 is 12.8 Å². The first-order valence-electron chi connectivity index (χ1n) is 6.67. The van der Waals surface area contributed by atoms with E-state index in [-0.39, 0.29) is 21.5 Å². The number of furan rings is 1. The van der Waals surface area contributed by atoms with Crippen molar-refractivity contribution in [1.82, 2.24) is 10.0 Å². The quantitative estimate of drug-likeness (QED) is 0.778. The summed E-state index contributed by atoms with van der Waals surface area (Å²) in [7, 11) is -3.57. The lowest BCUT2D eigenvalue weighted by Crippen LogP contribution is -2.36. The van der Waals surface area contributed by atoms with Gasteiger partial charge < -0.3 is 9.73 Å². The zero-order chi connectivity index (χ0) is 15.5. The maximum absolute atomic E-state index is 12.3. The molecule has 0 fully saturated rings. The Morgan fingerprint density at radius 3 is 2.35 bits per heavy atom. The summed E-state index contributed by atoms with van der Waals surface area (Å²) in [6.07, 6.45) is 0. The van der Waals surface area contributed by atoms with Gasteiger partial charge in [0.2, 0.25) is 10.0 Å². The van der Waals surface area contributed by atoms with E-state index < -0.39 is 10.0 Å². The van der Waals surface area contributed by atoms with Gasteiger partial charge in [0, 0.05) is 18.2 Å². The molecule has 1 atom stereocenters. The molecule has 1 aromatic heterocycles. The normalized spacial score (nSPS) is 14.2. The van der Waals surface area contributed by atoms with Crippen LogP contribution in [0.15, 0.2) is 20.0 Å². The van der Waals surface area contributed by atoms with Crippen molar-refractivity contribution in [2.75, 3.05) is 0 Å². The minimum absolute atomic E-state index is 0.140. The molecule has 0 aliphatic heterocycles. The lowest BCUT2D eigenvalue weighted by atomic mass is 10.1. The molecule has 1 rings (SSSR count). The number of nitrogens with one attached hydrogen (secondary N) is 2. The van der Waals surface area contributed by atoms with Gasteiger partial charge in [0.25, 0.3) is 0 Å². The number of sulfonamides is 1. The molecule has 0 aromatic carbocycles. The van der Waals surface area contributed by atoms with Gasteiger partial charge in [-0.3, -0.25) is 0 Å². The fourth-order valence-corrected chi connectivity index (χ4v) is 3.81. The summed E-state index contributed by atoms with van der Waals surface area (Å²) in [4.78, 5) is 0.144. The highest BCUT2D eigenvalue weighted by atomic mass is 79.9. The molecule has 5 nitrogen and oxygen atoms in total. The van der Waals surface area contributed by atoms with Gasteiger partial charge >= 0.3 is 0 Å². The summed E-state index contributed by atoms with van der Waals surface area (Å²) in [5.41, 5.74) is 0. The fourth-order valence-electron chi connectivity index (χ4n) is 1.42. The van der Waals surface area contributed by atoms with E-state index in [4.69, 9.17) is 4.42 Å². The van der Waals surface area contributed by atoms with Crippen LogP contribution in [-0.4, -0.2) is 20.5 Å². The largest absolute Gasteiger partial charge is 0.452 e. The van der Waals surface area contributed by atoms with Crippen LogP contribution in [0.25, 0.3) is 0 Å².